The molecule has 3 rings (SSSR count). The summed E-state index contributed by atoms with van der Waals surface area (Å²) in [5.74, 6) is 0.327. The minimum Gasteiger partial charge on any atom is -0.465 e. The molecule has 0 radical (unpaired) electrons. The topological polar surface area (TPSA) is 129 Å². The van der Waals surface area contributed by atoms with Crippen molar-refractivity contribution in [3.05, 3.63) is 47.8 Å². The standard InChI is InChI=1S/C24H30N6O3/c1-6-15-7-8-25-13-19(15)16-9-17-11-20(27-22(31)26-14(2)3)29-30-21(17)18(10-16)12-24(4,5)28-23(32)33/h7-11,13-14,28H,6,12H2,1-5H3,(H,32,33)(H2,26,27,29,31). The Bertz CT molecular complexity index is 1180. The first-order valence-corrected chi connectivity index (χ1v) is 10.9. The summed E-state index contributed by atoms with van der Waals surface area (Å²) in [4.78, 5) is 27.7. The van der Waals surface area contributed by atoms with Gasteiger partial charge in [0.1, 0.15) is 0 Å². The second kappa shape index (κ2) is 9.81. The summed E-state index contributed by atoms with van der Waals surface area (Å²) in [5, 5.41) is 26.6. The molecule has 9 nitrogen and oxygen atoms in total. The number of aryl methyl sites for hydroxylation is 1. The van der Waals surface area contributed by atoms with Crippen LogP contribution >= 0.6 is 0 Å². The molecule has 1 aromatic carbocycles. The first kappa shape index (κ1) is 23.9. The van der Waals surface area contributed by atoms with Crippen molar-refractivity contribution in [1.29, 1.82) is 0 Å². The Labute approximate surface area is 193 Å². The zero-order valence-electron chi connectivity index (χ0n) is 19.6. The average Bonchev–Trinajstić information content (AvgIpc) is 2.71. The largest absolute Gasteiger partial charge is 0.465 e. The molecule has 4 N–H and O–H groups in total. The number of benzene rings is 1. The van der Waals surface area contributed by atoms with Crippen LogP contribution in [-0.2, 0) is 12.8 Å². The third-order valence-corrected chi connectivity index (χ3v) is 5.11. The van der Waals surface area contributed by atoms with E-state index in [-0.39, 0.29) is 12.1 Å². The van der Waals surface area contributed by atoms with Crippen molar-refractivity contribution in [2.45, 2.75) is 59.0 Å². The molecule has 0 aliphatic carbocycles. The van der Waals surface area contributed by atoms with Crippen LogP contribution in [0.2, 0.25) is 0 Å². The van der Waals surface area contributed by atoms with Gasteiger partial charge in [0.25, 0.3) is 0 Å². The van der Waals surface area contributed by atoms with E-state index in [0.29, 0.717) is 17.8 Å². The minimum absolute atomic E-state index is 0.0152. The summed E-state index contributed by atoms with van der Waals surface area (Å²) in [6.45, 7) is 9.47. The molecule has 0 aliphatic heterocycles. The SMILES string of the molecule is CCc1ccncc1-c1cc(CC(C)(C)NC(=O)O)c2nnc(NC(=O)NC(C)C)cc2c1. The maximum Gasteiger partial charge on any atom is 0.405 e. The van der Waals surface area contributed by atoms with Gasteiger partial charge in [0, 0.05) is 34.9 Å². The molecule has 2 aromatic heterocycles. The van der Waals surface area contributed by atoms with E-state index < -0.39 is 11.6 Å². The number of urea groups is 1. The summed E-state index contributed by atoms with van der Waals surface area (Å²) in [6.07, 6.45) is 3.75. The smallest absolute Gasteiger partial charge is 0.405 e. The summed E-state index contributed by atoms with van der Waals surface area (Å²) in [7, 11) is 0. The van der Waals surface area contributed by atoms with Gasteiger partial charge < -0.3 is 15.7 Å². The Morgan fingerprint density at radius 2 is 1.88 bits per heavy atom. The van der Waals surface area contributed by atoms with Crippen molar-refractivity contribution < 1.29 is 14.7 Å². The number of nitrogens with zero attached hydrogens (tertiary/aromatic N) is 3. The highest BCUT2D eigenvalue weighted by Gasteiger charge is 2.23. The first-order valence-electron chi connectivity index (χ1n) is 10.9. The number of anilines is 1. The maximum atomic E-state index is 12.1. The fourth-order valence-corrected chi connectivity index (χ4v) is 3.80. The van der Waals surface area contributed by atoms with E-state index >= 15 is 0 Å². The van der Waals surface area contributed by atoms with Gasteiger partial charge in [-0.25, -0.2) is 9.59 Å². The quantitative estimate of drug-likeness (QED) is 0.423. The van der Waals surface area contributed by atoms with Gasteiger partial charge in [-0.15, -0.1) is 10.2 Å². The average molecular weight is 451 g/mol. The number of hydrogen-bond donors (Lipinski definition) is 4. The van der Waals surface area contributed by atoms with Gasteiger partial charge in [-0.3, -0.25) is 10.3 Å². The molecule has 0 spiro atoms. The van der Waals surface area contributed by atoms with Crippen molar-refractivity contribution in [3.8, 4) is 11.1 Å². The van der Waals surface area contributed by atoms with Gasteiger partial charge in [0.15, 0.2) is 5.82 Å². The minimum atomic E-state index is -1.09. The number of fused-ring (bicyclic) bond motifs is 1. The molecule has 9 heteroatoms. The summed E-state index contributed by atoms with van der Waals surface area (Å²) in [5.41, 5.74) is 3.86. The first-order chi connectivity index (χ1) is 15.6. The molecule has 0 unspecified atom stereocenters. The van der Waals surface area contributed by atoms with Crippen molar-refractivity contribution in [2.24, 2.45) is 0 Å². The van der Waals surface area contributed by atoms with E-state index in [9.17, 15) is 14.7 Å². The molecule has 174 valence electrons. The summed E-state index contributed by atoms with van der Waals surface area (Å²) >= 11 is 0. The second-order valence-corrected chi connectivity index (χ2v) is 8.93. The van der Waals surface area contributed by atoms with Crippen LogP contribution in [0.25, 0.3) is 22.0 Å². The van der Waals surface area contributed by atoms with Gasteiger partial charge >= 0.3 is 12.1 Å². The number of pyridine rings is 1. The highest BCUT2D eigenvalue weighted by atomic mass is 16.4. The lowest BCUT2D eigenvalue weighted by Crippen LogP contribution is -2.44. The molecular formula is C24H30N6O3. The fraction of sp³-hybridized carbons (Fsp3) is 0.375. The number of carbonyl (C=O) groups is 2. The lowest BCUT2D eigenvalue weighted by atomic mass is 9.90. The fourth-order valence-electron chi connectivity index (χ4n) is 3.80. The zero-order chi connectivity index (χ0) is 24.2. The molecule has 33 heavy (non-hydrogen) atoms. The van der Waals surface area contributed by atoms with Crippen LogP contribution < -0.4 is 16.0 Å². The normalized spacial score (nSPS) is 11.5. The highest BCUT2D eigenvalue weighted by molar-refractivity contribution is 5.93. The van der Waals surface area contributed by atoms with Crippen molar-refractivity contribution in [2.75, 3.05) is 5.32 Å². The highest BCUT2D eigenvalue weighted by Crippen LogP contribution is 2.31. The third-order valence-electron chi connectivity index (χ3n) is 5.11. The van der Waals surface area contributed by atoms with E-state index in [2.05, 4.69) is 38.1 Å². The lowest BCUT2D eigenvalue weighted by Gasteiger charge is -2.25. The molecule has 0 saturated heterocycles. The van der Waals surface area contributed by atoms with Crippen LogP contribution in [0.1, 0.15) is 45.7 Å². The Hall–Kier alpha value is -3.75. The second-order valence-electron chi connectivity index (χ2n) is 8.93. The van der Waals surface area contributed by atoms with Crippen LogP contribution in [0.4, 0.5) is 15.4 Å². The predicted molar refractivity (Wildman–Crippen MR) is 128 cm³/mol. The van der Waals surface area contributed by atoms with Gasteiger partial charge in [-0.2, -0.15) is 0 Å². The molecule has 3 amide bonds. The number of rotatable bonds is 7. The van der Waals surface area contributed by atoms with Crippen LogP contribution in [-0.4, -0.2) is 44.0 Å². The van der Waals surface area contributed by atoms with Crippen LogP contribution in [0.15, 0.2) is 36.7 Å². The Morgan fingerprint density at radius 1 is 1.12 bits per heavy atom. The maximum absolute atomic E-state index is 12.1. The molecule has 0 bridgehead atoms. The van der Waals surface area contributed by atoms with Crippen molar-refractivity contribution in [1.82, 2.24) is 25.8 Å². The van der Waals surface area contributed by atoms with Gasteiger partial charge in [0.05, 0.1) is 5.52 Å². The third kappa shape index (κ3) is 6.15. The predicted octanol–water partition coefficient (Wildman–Crippen LogP) is 4.37. The summed E-state index contributed by atoms with van der Waals surface area (Å²) in [6, 6.07) is 7.39. The number of carbonyl (C=O) groups excluding carboxylic acids is 1. The number of carboxylic acid groups (broad SMARTS) is 1. The van der Waals surface area contributed by atoms with E-state index in [1.807, 2.05) is 52.1 Å². The number of amides is 3. The van der Waals surface area contributed by atoms with Crippen LogP contribution in [0.5, 0.6) is 0 Å². The van der Waals surface area contributed by atoms with E-state index in [1.165, 1.54) is 0 Å². The van der Waals surface area contributed by atoms with Crippen LogP contribution in [0, 0.1) is 0 Å². The molecule has 0 aliphatic rings. The number of nitrogens with one attached hydrogen (secondary N) is 3. The van der Waals surface area contributed by atoms with Crippen molar-refractivity contribution in [3.63, 3.8) is 0 Å². The van der Waals surface area contributed by atoms with E-state index in [0.717, 1.165) is 34.1 Å². The molecular weight excluding hydrogens is 420 g/mol. The van der Waals surface area contributed by atoms with Gasteiger partial charge in [0.2, 0.25) is 0 Å². The number of hydrogen-bond acceptors (Lipinski definition) is 5. The van der Waals surface area contributed by atoms with Gasteiger partial charge in [-0.1, -0.05) is 6.92 Å². The monoisotopic (exact) mass is 450 g/mol. The van der Waals surface area contributed by atoms with Crippen LogP contribution in [0.3, 0.4) is 0 Å². The molecule has 3 aromatic rings. The molecule has 2 heterocycles. The summed E-state index contributed by atoms with van der Waals surface area (Å²) < 4.78 is 0. The van der Waals surface area contributed by atoms with Crippen molar-refractivity contribution >= 4 is 28.8 Å². The molecule has 0 atom stereocenters. The molecule has 0 fully saturated rings. The van der Waals surface area contributed by atoms with E-state index in [1.54, 1.807) is 12.3 Å². The Balaban J connectivity index is 2.12. The lowest BCUT2D eigenvalue weighted by molar-refractivity contribution is 0.182. The Kier molecular flexibility index (Phi) is 7.10. The zero-order valence-corrected chi connectivity index (χ0v) is 19.6. The number of aromatic nitrogens is 3. The molecule has 0 saturated carbocycles. The van der Waals surface area contributed by atoms with E-state index in [4.69, 9.17) is 0 Å². The van der Waals surface area contributed by atoms with Gasteiger partial charge in [-0.05, 0) is 81.5 Å². The Morgan fingerprint density at radius 3 is 2.55 bits per heavy atom.